The first kappa shape index (κ1) is 13.0. The van der Waals surface area contributed by atoms with Crippen LogP contribution in [0.2, 0.25) is 0 Å². The van der Waals surface area contributed by atoms with E-state index < -0.39 is 0 Å². The number of para-hydroxylation sites is 1. The molecular formula is C17H25NO. The van der Waals surface area contributed by atoms with Crippen LogP contribution in [0.4, 0.5) is 0 Å². The lowest BCUT2D eigenvalue weighted by atomic mass is 9.85. The quantitative estimate of drug-likeness (QED) is 0.892. The van der Waals surface area contributed by atoms with Crippen LogP contribution in [0.5, 0.6) is 5.75 Å². The highest BCUT2D eigenvalue weighted by molar-refractivity contribution is 5.37. The Balaban J connectivity index is 1.73. The van der Waals surface area contributed by atoms with Crippen molar-refractivity contribution >= 4 is 0 Å². The second kappa shape index (κ2) is 4.82. The van der Waals surface area contributed by atoms with Crippen molar-refractivity contribution in [2.24, 2.45) is 11.3 Å². The lowest BCUT2D eigenvalue weighted by molar-refractivity contribution is 0.250. The second-order valence-electron chi connectivity index (χ2n) is 6.80. The van der Waals surface area contributed by atoms with Gasteiger partial charge in [-0.15, -0.1) is 0 Å². The summed E-state index contributed by atoms with van der Waals surface area (Å²) < 4.78 is 5.77. The van der Waals surface area contributed by atoms with Crippen LogP contribution in [0.15, 0.2) is 24.3 Å². The summed E-state index contributed by atoms with van der Waals surface area (Å²) >= 11 is 0. The molecule has 1 saturated carbocycles. The Labute approximate surface area is 116 Å². The normalized spacial score (nSPS) is 29.2. The van der Waals surface area contributed by atoms with Crippen molar-refractivity contribution in [3.05, 3.63) is 29.8 Å². The van der Waals surface area contributed by atoms with Gasteiger partial charge < -0.3 is 10.1 Å². The van der Waals surface area contributed by atoms with Crippen LogP contribution in [0, 0.1) is 11.3 Å². The van der Waals surface area contributed by atoms with Crippen molar-refractivity contribution in [1.82, 2.24) is 5.32 Å². The van der Waals surface area contributed by atoms with Crippen LogP contribution in [0.3, 0.4) is 0 Å². The Hall–Kier alpha value is -1.02. The highest BCUT2D eigenvalue weighted by Crippen LogP contribution is 2.55. The van der Waals surface area contributed by atoms with Gasteiger partial charge in [0.25, 0.3) is 0 Å². The van der Waals surface area contributed by atoms with E-state index in [9.17, 15) is 0 Å². The molecule has 2 aliphatic rings. The lowest BCUT2D eigenvalue weighted by Gasteiger charge is -2.29. The van der Waals surface area contributed by atoms with Gasteiger partial charge in [0.2, 0.25) is 0 Å². The van der Waals surface area contributed by atoms with Crippen LogP contribution in [-0.2, 0) is 0 Å². The number of benzene rings is 1. The average molecular weight is 259 g/mol. The van der Waals surface area contributed by atoms with E-state index in [-0.39, 0.29) is 0 Å². The van der Waals surface area contributed by atoms with Crippen molar-refractivity contribution in [2.75, 3.05) is 13.7 Å². The Kier molecular flexibility index (Phi) is 3.30. The van der Waals surface area contributed by atoms with Crippen LogP contribution in [0.25, 0.3) is 0 Å². The zero-order chi connectivity index (χ0) is 13.5. The van der Waals surface area contributed by atoms with Gasteiger partial charge in [0.15, 0.2) is 0 Å². The summed E-state index contributed by atoms with van der Waals surface area (Å²) in [5, 5.41) is 3.56. The van der Waals surface area contributed by atoms with Gasteiger partial charge in [-0.05, 0) is 55.2 Å². The molecule has 0 spiro atoms. The maximum absolute atomic E-state index is 5.77. The minimum atomic E-state index is 0.540. The topological polar surface area (TPSA) is 21.3 Å². The van der Waals surface area contributed by atoms with Gasteiger partial charge in [0.05, 0.1) is 6.61 Å². The van der Waals surface area contributed by atoms with Crippen molar-refractivity contribution in [3.63, 3.8) is 0 Å². The monoisotopic (exact) mass is 259 g/mol. The van der Waals surface area contributed by atoms with E-state index in [1.807, 2.05) is 0 Å². The molecule has 104 valence electrons. The molecule has 1 heterocycles. The summed E-state index contributed by atoms with van der Waals surface area (Å²) in [6.07, 6.45) is 3.76. The van der Waals surface area contributed by atoms with Gasteiger partial charge in [-0.3, -0.25) is 0 Å². The average Bonchev–Trinajstić information content (AvgIpc) is 3.05. The third-order valence-electron chi connectivity index (χ3n) is 5.07. The molecular weight excluding hydrogens is 234 g/mol. The number of hydrogen-bond donors (Lipinski definition) is 1. The second-order valence-corrected chi connectivity index (χ2v) is 6.80. The van der Waals surface area contributed by atoms with Crippen LogP contribution < -0.4 is 10.1 Å². The standard InChI is InChI=1S/C17H25NO/c1-17(2)11-14(17)15(18-3)10-12-8-9-19-16-7-5-4-6-13(12)16/h4-7,12,14-15,18H,8-11H2,1-3H3. The van der Waals surface area contributed by atoms with Gasteiger partial charge in [-0.1, -0.05) is 32.0 Å². The summed E-state index contributed by atoms with van der Waals surface area (Å²) in [5.74, 6) is 2.59. The van der Waals surface area contributed by atoms with Crippen LogP contribution in [-0.4, -0.2) is 19.7 Å². The molecule has 2 nitrogen and oxygen atoms in total. The van der Waals surface area contributed by atoms with Crippen LogP contribution in [0.1, 0.15) is 44.6 Å². The van der Waals surface area contributed by atoms with E-state index in [1.54, 1.807) is 0 Å². The minimum Gasteiger partial charge on any atom is -0.493 e. The molecule has 1 N–H and O–H groups in total. The van der Waals surface area contributed by atoms with Crippen molar-refractivity contribution in [2.45, 2.75) is 45.1 Å². The molecule has 19 heavy (non-hydrogen) atoms. The Morgan fingerprint density at radius 2 is 2.11 bits per heavy atom. The summed E-state index contributed by atoms with van der Waals surface area (Å²) in [6, 6.07) is 9.20. The van der Waals surface area contributed by atoms with E-state index >= 15 is 0 Å². The zero-order valence-corrected chi connectivity index (χ0v) is 12.3. The molecule has 1 aliphatic heterocycles. The highest BCUT2D eigenvalue weighted by atomic mass is 16.5. The molecule has 0 saturated heterocycles. The molecule has 3 atom stereocenters. The minimum absolute atomic E-state index is 0.540. The summed E-state index contributed by atoms with van der Waals surface area (Å²) in [4.78, 5) is 0. The molecule has 0 radical (unpaired) electrons. The molecule has 3 rings (SSSR count). The Bertz CT molecular complexity index is 454. The van der Waals surface area contributed by atoms with E-state index in [2.05, 4.69) is 50.5 Å². The molecule has 0 bridgehead atoms. The summed E-state index contributed by atoms with van der Waals surface area (Å²) in [7, 11) is 2.12. The predicted molar refractivity (Wildman–Crippen MR) is 78.6 cm³/mol. The Morgan fingerprint density at radius 3 is 2.79 bits per heavy atom. The first-order chi connectivity index (χ1) is 9.12. The molecule has 0 aromatic heterocycles. The first-order valence-electron chi connectivity index (χ1n) is 7.51. The third-order valence-corrected chi connectivity index (χ3v) is 5.07. The number of rotatable bonds is 4. The number of nitrogens with one attached hydrogen (secondary N) is 1. The fraction of sp³-hybridized carbons (Fsp3) is 0.647. The molecule has 0 amide bonds. The van der Waals surface area contributed by atoms with E-state index in [0.717, 1.165) is 24.7 Å². The number of hydrogen-bond acceptors (Lipinski definition) is 2. The van der Waals surface area contributed by atoms with E-state index in [1.165, 1.54) is 18.4 Å². The van der Waals surface area contributed by atoms with Gasteiger partial charge >= 0.3 is 0 Å². The number of fused-ring (bicyclic) bond motifs is 1. The van der Waals surface area contributed by atoms with Crippen molar-refractivity contribution in [1.29, 1.82) is 0 Å². The van der Waals surface area contributed by atoms with Gasteiger partial charge in [-0.2, -0.15) is 0 Å². The maximum atomic E-state index is 5.77. The molecule has 1 aromatic rings. The zero-order valence-electron chi connectivity index (χ0n) is 12.3. The van der Waals surface area contributed by atoms with Crippen molar-refractivity contribution in [3.8, 4) is 5.75 Å². The lowest BCUT2D eigenvalue weighted by Crippen LogP contribution is -2.32. The van der Waals surface area contributed by atoms with Gasteiger partial charge in [0, 0.05) is 6.04 Å². The van der Waals surface area contributed by atoms with E-state index in [4.69, 9.17) is 4.74 Å². The van der Waals surface area contributed by atoms with Gasteiger partial charge in [-0.25, -0.2) is 0 Å². The third kappa shape index (κ3) is 2.51. The largest absolute Gasteiger partial charge is 0.493 e. The fourth-order valence-corrected chi connectivity index (χ4v) is 3.65. The predicted octanol–water partition coefficient (Wildman–Crippen LogP) is 3.58. The summed E-state index contributed by atoms with van der Waals surface area (Å²) in [5.41, 5.74) is 1.95. The first-order valence-corrected chi connectivity index (χ1v) is 7.51. The fourth-order valence-electron chi connectivity index (χ4n) is 3.65. The molecule has 1 fully saturated rings. The highest BCUT2D eigenvalue weighted by Gasteiger charge is 2.50. The molecule has 1 aliphatic carbocycles. The molecule has 3 unspecified atom stereocenters. The summed E-state index contributed by atoms with van der Waals surface area (Å²) in [6.45, 7) is 5.64. The SMILES string of the molecule is CNC(CC1CCOc2ccccc21)C1CC1(C)C. The smallest absolute Gasteiger partial charge is 0.122 e. The van der Waals surface area contributed by atoms with Crippen molar-refractivity contribution < 1.29 is 4.74 Å². The van der Waals surface area contributed by atoms with Crippen LogP contribution >= 0.6 is 0 Å². The number of ether oxygens (including phenoxy) is 1. The molecule has 2 heteroatoms. The Morgan fingerprint density at radius 1 is 1.37 bits per heavy atom. The molecule has 1 aromatic carbocycles. The van der Waals surface area contributed by atoms with E-state index in [0.29, 0.717) is 17.4 Å². The van der Waals surface area contributed by atoms with Gasteiger partial charge in [0.1, 0.15) is 5.75 Å². The maximum Gasteiger partial charge on any atom is 0.122 e.